The van der Waals surface area contributed by atoms with Crippen LogP contribution in [0.1, 0.15) is 16.8 Å². The Morgan fingerprint density at radius 1 is 1.45 bits per heavy atom. The van der Waals surface area contributed by atoms with E-state index in [9.17, 15) is 4.79 Å². The Bertz CT molecular complexity index is 708. The first-order chi connectivity index (χ1) is 10.7. The summed E-state index contributed by atoms with van der Waals surface area (Å²) in [6.07, 6.45) is 6.37. The van der Waals surface area contributed by atoms with E-state index >= 15 is 0 Å². The maximum atomic E-state index is 12.2. The summed E-state index contributed by atoms with van der Waals surface area (Å²) >= 11 is 5.97. The zero-order valence-corrected chi connectivity index (χ0v) is 12.8. The summed E-state index contributed by atoms with van der Waals surface area (Å²) in [5.41, 5.74) is 2.62. The summed E-state index contributed by atoms with van der Waals surface area (Å²) in [6.45, 7) is 2.43. The molecule has 6 heteroatoms. The average molecular weight is 317 g/mol. The van der Waals surface area contributed by atoms with E-state index in [1.54, 1.807) is 29.2 Å². The number of hydrogen-bond donors (Lipinski definition) is 2. The van der Waals surface area contributed by atoms with E-state index in [0.717, 1.165) is 25.2 Å². The number of carbonyl (C=O) groups is 1. The van der Waals surface area contributed by atoms with Gasteiger partial charge in [-0.25, -0.2) is 4.68 Å². The highest BCUT2D eigenvalue weighted by Crippen LogP contribution is 2.14. The molecule has 2 N–H and O–H groups in total. The largest absolute Gasteiger partial charge is 0.348 e. The molecule has 114 valence electrons. The summed E-state index contributed by atoms with van der Waals surface area (Å²) in [7, 11) is 0. The molecule has 0 saturated carbocycles. The van der Waals surface area contributed by atoms with Crippen molar-refractivity contribution in [2.24, 2.45) is 0 Å². The molecule has 0 radical (unpaired) electrons. The molecule has 0 spiro atoms. The number of nitrogens with one attached hydrogen (secondary N) is 2. The van der Waals surface area contributed by atoms with E-state index < -0.39 is 0 Å². The molecule has 3 rings (SSSR count). The molecule has 0 aliphatic carbocycles. The number of benzene rings is 1. The molecular weight excluding hydrogens is 300 g/mol. The van der Waals surface area contributed by atoms with Crippen LogP contribution in [-0.2, 0) is 0 Å². The number of aromatic nitrogens is 2. The Labute approximate surface area is 134 Å². The normalized spacial score (nSPS) is 14.5. The Morgan fingerprint density at radius 2 is 2.36 bits per heavy atom. The van der Waals surface area contributed by atoms with Gasteiger partial charge in [-0.2, -0.15) is 5.10 Å². The lowest BCUT2D eigenvalue weighted by Gasteiger charge is -2.14. The Hall–Kier alpha value is -2.11. The highest BCUT2D eigenvalue weighted by atomic mass is 35.5. The van der Waals surface area contributed by atoms with E-state index in [2.05, 4.69) is 21.8 Å². The van der Waals surface area contributed by atoms with Crippen molar-refractivity contribution >= 4 is 17.5 Å². The van der Waals surface area contributed by atoms with Crippen molar-refractivity contribution in [1.82, 2.24) is 20.4 Å². The van der Waals surface area contributed by atoms with Crippen LogP contribution in [0, 0.1) is 0 Å². The number of halogens is 1. The van der Waals surface area contributed by atoms with Gasteiger partial charge in [0.25, 0.3) is 5.91 Å². The molecule has 1 aliphatic rings. The summed E-state index contributed by atoms with van der Waals surface area (Å²) < 4.78 is 1.64. The molecule has 0 unspecified atom stereocenters. The van der Waals surface area contributed by atoms with E-state index in [4.69, 9.17) is 11.6 Å². The molecular formula is C16H17ClN4O. The fraction of sp³-hybridized carbons (Fsp3) is 0.250. The molecule has 5 nitrogen and oxygen atoms in total. The van der Waals surface area contributed by atoms with Crippen LogP contribution in [0.5, 0.6) is 0 Å². The van der Waals surface area contributed by atoms with Gasteiger partial charge in [0.15, 0.2) is 0 Å². The van der Waals surface area contributed by atoms with Crippen molar-refractivity contribution in [3.8, 4) is 5.69 Å². The van der Waals surface area contributed by atoms with Crippen LogP contribution in [0.25, 0.3) is 5.69 Å². The summed E-state index contributed by atoms with van der Waals surface area (Å²) in [4.78, 5) is 12.2. The molecule has 0 saturated heterocycles. The van der Waals surface area contributed by atoms with Gasteiger partial charge in [-0.3, -0.25) is 4.79 Å². The van der Waals surface area contributed by atoms with Crippen LogP contribution < -0.4 is 10.6 Å². The standard InChI is InChI=1S/C16H17ClN4O/c17-14-2-1-3-15(8-14)21-11-13(10-20-21)16(22)19-9-12-4-6-18-7-5-12/h1-4,8,10-11,18H,5-7,9H2,(H,19,22). The van der Waals surface area contributed by atoms with E-state index in [1.165, 1.54) is 5.57 Å². The predicted molar refractivity (Wildman–Crippen MR) is 86.5 cm³/mol. The van der Waals surface area contributed by atoms with Crippen LogP contribution in [0.4, 0.5) is 0 Å². The lowest BCUT2D eigenvalue weighted by molar-refractivity contribution is 0.0956. The van der Waals surface area contributed by atoms with Gasteiger partial charge < -0.3 is 10.6 Å². The van der Waals surface area contributed by atoms with Crippen molar-refractivity contribution in [3.05, 3.63) is 58.9 Å². The second-order valence-electron chi connectivity index (χ2n) is 5.15. The topological polar surface area (TPSA) is 59.0 Å². The third-order valence-electron chi connectivity index (χ3n) is 3.55. The molecule has 2 aromatic rings. The maximum Gasteiger partial charge on any atom is 0.254 e. The van der Waals surface area contributed by atoms with Gasteiger partial charge in [-0.15, -0.1) is 0 Å². The second kappa shape index (κ2) is 6.77. The van der Waals surface area contributed by atoms with Gasteiger partial charge in [0.05, 0.1) is 17.4 Å². The first kappa shape index (κ1) is 14.8. The number of nitrogens with zero attached hydrogens (tertiary/aromatic N) is 2. The highest BCUT2D eigenvalue weighted by molar-refractivity contribution is 6.30. The van der Waals surface area contributed by atoms with Crippen LogP contribution in [0.2, 0.25) is 5.02 Å². The summed E-state index contributed by atoms with van der Waals surface area (Å²) in [5.74, 6) is -0.118. The van der Waals surface area contributed by atoms with Crippen molar-refractivity contribution in [2.75, 3.05) is 19.6 Å². The molecule has 2 heterocycles. The van der Waals surface area contributed by atoms with Crippen LogP contribution in [0.15, 0.2) is 48.3 Å². The molecule has 0 fully saturated rings. The molecule has 22 heavy (non-hydrogen) atoms. The van der Waals surface area contributed by atoms with Crippen molar-refractivity contribution in [2.45, 2.75) is 6.42 Å². The van der Waals surface area contributed by atoms with Crippen molar-refractivity contribution in [3.63, 3.8) is 0 Å². The Morgan fingerprint density at radius 3 is 3.14 bits per heavy atom. The Balaban J connectivity index is 1.65. The van der Waals surface area contributed by atoms with Gasteiger partial charge in [0.1, 0.15) is 0 Å². The highest BCUT2D eigenvalue weighted by Gasteiger charge is 2.11. The molecule has 1 aliphatic heterocycles. The summed E-state index contributed by atoms with van der Waals surface area (Å²) in [5, 5.41) is 11.0. The van der Waals surface area contributed by atoms with Gasteiger partial charge in [0, 0.05) is 24.3 Å². The fourth-order valence-corrected chi connectivity index (χ4v) is 2.51. The van der Waals surface area contributed by atoms with Crippen molar-refractivity contribution in [1.29, 1.82) is 0 Å². The van der Waals surface area contributed by atoms with Crippen LogP contribution >= 0.6 is 11.6 Å². The van der Waals surface area contributed by atoms with Crippen LogP contribution in [-0.4, -0.2) is 35.3 Å². The number of carbonyl (C=O) groups excluding carboxylic acids is 1. The number of hydrogen-bond acceptors (Lipinski definition) is 3. The smallest absolute Gasteiger partial charge is 0.254 e. The molecule has 0 atom stereocenters. The van der Waals surface area contributed by atoms with E-state index in [0.29, 0.717) is 17.1 Å². The molecule has 1 aromatic heterocycles. The van der Waals surface area contributed by atoms with Crippen molar-refractivity contribution < 1.29 is 4.79 Å². The minimum absolute atomic E-state index is 0.118. The van der Waals surface area contributed by atoms with E-state index in [-0.39, 0.29) is 5.91 Å². The van der Waals surface area contributed by atoms with Gasteiger partial charge in [0.2, 0.25) is 0 Å². The first-order valence-electron chi connectivity index (χ1n) is 7.20. The molecule has 1 aromatic carbocycles. The first-order valence-corrected chi connectivity index (χ1v) is 7.57. The second-order valence-corrected chi connectivity index (χ2v) is 5.59. The monoisotopic (exact) mass is 316 g/mol. The van der Waals surface area contributed by atoms with Crippen LogP contribution in [0.3, 0.4) is 0 Å². The zero-order valence-electron chi connectivity index (χ0n) is 12.1. The maximum absolute atomic E-state index is 12.2. The minimum atomic E-state index is -0.118. The quantitative estimate of drug-likeness (QED) is 0.850. The molecule has 0 bridgehead atoms. The van der Waals surface area contributed by atoms with E-state index in [1.807, 2.05) is 12.1 Å². The number of amides is 1. The molecule has 1 amide bonds. The lowest BCUT2D eigenvalue weighted by Crippen LogP contribution is -2.29. The SMILES string of the molecule is O=C(NCC1=CCNCC1)c1cnn(-c2cccc(Cl)c2)c1. The lowest BCUT2D eigenvalue weighted by atomic mass is 10.1. The van der Waals surface area contributed by atoms with Gasteiger partial charge in [-0.1, -0.05) is 29.3 Å². The minimum Gasteiger partial charge on any atom is -0.348 e. The predicted octanol–water partition coefficient (Wildman–Crippen LogP) is 2.18. The van der Waals surface area contributed by atoms with Gasteiger partial charge >= 0.3 is 0 Å². The number of rotatable bonds is 4. The fourth-order valence-electron chi connectivity index (χ4n) is 2.33. The zero-order chi connectivity index (χ0) is 15.4. The Kier molecular flexibility index (Phi) is 4.56. The average Bonchev–Trinajstić information content (AvgIpc) is 3.04. The van der Waals surface area contributed by atoms with Gasteiger partial charge in [-0.05, 0) is 31.2 Å². The summed E-state index contributed by atoms with van der Waals surface area (Å²) in [6, 6.07) is 7.34. The third-order valence-corrected chi connectivity index (χ3v) is 3.79. The third kappa shape index (κ3) is 3.55.